The van der Waals surface area contributed by atoms with Gasteiger partial charge in [0, 0.05) is 3.57 Å². The lowest BCUT2D eigenvalue weighted by Crippen LogP contribution is -2.12. The first kappa shape index (κ1) is 11.8. The molecule has 0 radical (unpaired) electrons. The Labute approximate surface area is 94.6 Å². The third kappa shape index (κ3) is 2.40. The lowest BCUT2D eigenvalue weighted by atomic mass is 9.97. The standard InChI is InChI=1S/C10H10F3I/c1-6(2)7-4-3-5-8(14)9(7)10(11,12)13/h3-6H,1-2H3. The Balaban J connectivity index is 3.38. The van der Waals surface area contributed by atoms with Crippen molar-refractivity contribution in [2.24, 2.45) is 0 Å². The van der Waals surface area contributed by atoms with Crippen molar-refractivity contribution in [1.82, 2.24) is 0 Å². The van der Waals surface area contributed by atoms with Gasteiger partial charge in [0.2, 0.25) is 0 Å². The highest BCUT2D eigenvalue weighted by Gasteiger charge is 2.35. The Morgan fingerprint density at radius 1 is 1.21 bits per heavy atom. The highest BCUT2D eigenvalue weighted by atomic mass is 127. The van der Waals surface area contributed by atoms with Gasteiger partial charge in [0.25, 0.3) is 0 Å². The number of rotatable bonds is 1. The van der Waals surface area contributed by atoms with E-state index < -0.39 is 11.7 Å². The van der Waals surface area contributed by atoms with Crippen LogP contribution in [0.1, 0.15) is 30.9 Å². The summed E-state index contributed by atoms with van der Waals surface area (Å²) in [5.74, 6) is -0.110. The summed E-state index contributed by atoms with van der Waals surface area (Å²) in [6.45, 7) is 3.53. The van der Waals surface area contributed by atoms with Crippen molar-refractivity contribution >= 4 is 22.6 Å². The number of alkyl halides is 3. The molecule has 0 aliphatic heterocycles. The Hall–Kier alpha value is -0.260. The molecule has 0 aliphatic carbocycles. The monoisotopic (exact) mass is 314 g/mol. The van der Waals surface area contributed by atoms with E-state index in [-0.39, 0.29) is 9.49 Å². The van der Waals surface area contributed by atoms with Crippen molar-refractivity contribution in [3.8, 4) is 0 Å². The summed E-state index contributed by atoms with van der Waals surface area (Å²) >= 11 is 1.72. The van der Waals surface area contributed by atoms with Crippen molar-refractivity contribution < 1.29 is 13.2 Å². The minimum Gasteiger partial charge on any atom is -0.166 e. The fraction of sp³-hybridized carbons (Fsp3) is 0.400. The topological polar surface area (TPSA) is 0 Å². The molecular weight excluding hydrogens is 304 g/mol. The van der Waals surface area contributed by atoms with Gasteiger partial charge < -0.3 is 0 Å². The number of benzene rings is 1. The number of hydrogen-bond donors (Lipinski definition) is 0. The molecule has 1 aromatic carbocycles. The summed E-state index contributed by atoms with van der Waals surface area (Å²) in [6, 6.07) is 4.68. The lowest BCUT2D eigenvalue weighted by Gasteiger charge is -2.16. The van der Waals surface area contributed by atoms with Gasteiger partial charge in [0.1, 0.15) is 0 Å². The molecule has 0 heterocycles. The second-order valence-corrected chi connectivity index (χ2v) is 4.52. The summed E-state index contributed by atoms with van der Waals surface area (Å²) in [4.78, 5) is 0. The first-order valence-corrected chi connectivity index (χ1v) is 5.27. The maximum atomic E-state index is 12.7. The second-order valence-electron chi connectivity index (χ2n) is 3.36. The van der Waals surface area contributed by atoms with Gasteiger partial charge in [-0.2, -0.15) is 13.2 Å². The van der Waals surface area contributed by atoms with E-state index >= 15 is 0 Å². The van der Waals surface area contributed by atoms with Crippen molar-refractivity contribution in [3.63, 3.8) is 0 Å². The average Bonchev–Trinajstić information content (AvgIpc) is 2.01. The van der Waals surface area contributed by atoms with Gasteiger partial charge in [-0.1, -0.05) is 26.0 Å². The molecule has 0 fully saturated rings. The first-order chi connectivity index (χ1) is 6.34. The summed E-state index contributed by atoms with van der Waals surface area (Å²) in [7, 11) is 0. The predicted molar refractivity (Wildman–Crippen MR) is 58.3 cm³/mol. The predicted octanol–water partition coefficient (Wildman–Crippen LogP) is 4.43. The maximum Gasteiger partial charge on any atom is 0.417 e. The highest BCUT2D eigenvalue weighted by molar-refractivity contribution is 14.1. The van der Waals surface area contributed by atoms with E-state index in [4.69, 9.17) is 0 Å². The van der Waals surface area contributed by atoms with Gasteiger partial charge in [0.05, 0.1) is 5.56 Å². The fourth-order valence-corrected chi connectivity index (χ4v) is 2.15. The first-order valence-electron chi connectivity index (χ1n) is 4.19. The molecule has 0 N–H and O–H groups in total. The molecule has 0 aromatic heterocycles. The van der Waals surface area contributed by atoms with Gasteiger partial charge in [-0.15, -0.1) is 0 Å². The lowest BCUT2D eigenvalue weighted by molar-refractivity contribution is -0.139. The van der Waals surface area contributed by atoms with Crippen LogP contribution >= 0.6 is 22.6 Å². The minimum atomic E-state index is -4.25. The highest BCUT2D eigenvalue weighted by Crippen LogP contribution is 2.37. The van der Waals surface area contributed by atoms with Crippen LogP contribution in [0.5, 0.6) is 0 Å². The molecule has 0 saturated heterocycles. The number of halogens is 4. The van der Waals surface area contributed by atoms with Crippen molar-refractivity contribution in [2.45, 2.75) is 25.9 Å². The van der Waals surface area contributed by atoms with Crippen molar-refractivity contribution in [3.05, 3.63) is 32.9 Å². The van der Waals surface area contributed by atoms with E-state index in [9.17, 15) is 13.2 Å². The third-order valence-corrected chi connectivity index (χ3v) is 2.85. The van der Waals surface area contributed by atoms with E-state index in [0.29, 0.717) is 5.56 Å². The van der Waals surface area contributed by atoms with E-state index in [1.54, 1.807) is 42.5 Å². The molecule has 0 bridgehead atoms. The zero-order valence-electron chi connectivity index (χ0n) is 7.82. The minimum absolute atomic E-state index is 0.110. The zero-order chi connectivity index (χ0) is 10.9. The molecule has 0 nitrogen and oxygen atoms in total. The largest absolute Gasteiger partial charge is 0.417 e. The molecule has 14 heavy (non-hydrogen) atoms. The third-order valence-electron chi connectivity index (χ3n) is 1.95. The van der Waals surface area contributed by atoms with Crippen molar-refractivity contribution in [1.29, 1.82) is 0 Å². The Morgan fingerprint density at radius 3 is 2.14 bits per heavy atom. The summed E-state index contributed by atoms with van der Waals surface area (Å²) in [5.41, 5.74) is -0.125. The van der Waals surface area contributed by atoms with E-state index in [2.05, 4.69) is 0 Å². The van der Waals surface area contributed by atoms with Crippen LogP contribution in [0.3, 0.4) is 0 Å². The molecule has 0 unspecified atom stereocenters. The molecule has 0 saturated carbocycles. The van der Waals surface area contributed by atoms with Gasteiger partial charge >= 0.3 is 6.18 Å². The van der Waals surface area contributed by atoms with E-state index in [1.165, 1.54) is 12.1 Å². The number of hydrogen-bond acceptors (Lipinski definition) is 0. The quantitative estimate of drug-likeness (QED) is 0.673. The summed E-state index contributed by atoms with van der Waals surface area (Å²) < 4.78 is 38.3. The second kappa shape index (κ2) is 4.08. The summed E-state index contributed by atoms with van der Waals surface area (Å²) in [6.07, 6.45) is -4.25. The van der Waals surface area contributed by atoms with Crippen molar-refractivity contribution in [2.75, 3.05) is 0 Å². The van der Waals surface area contributed by atoms with Crippen LogP contribution in [0.15, 0.2) is 18.2 Å². The molecule has 4 heteroatoms. The van der Waals surface area contributed by atoms with Gasteiger partial charge in [-0.3, -0.25) is 0 Å². The van der Waals surface area contributed by atoms with Crippen LogP contribution in [0, 0.1) is 3.57 Å². The normalized spacial score (nSPS) is 12.2. The summed E-state index contributed by atoms with van der Waals surface area (Å²) in [5, 5.41) is 0. The van der Waals surface area contributed by atoms with Crippen LogP contribution in [-0.2, 0) is 6.18 Å². The van der Waals surface area contributed by atoms with Crippen LogP contribution in [0.4, 0.5) is 13.2 Å². The Bertz CT molecular complexity index is 329. The Kier molecular flexibility index (Phi) is 3.44. The molecular formula is C10H10F3I. The molecule has 0 aliphatic rings. The molecule has 0 spiro atoms. The van der Waals surface area contributed by atoms with Gasteiger partial charge in [-0.05, 0) is 40.1 Å². The van der Waals surface area contributed by atoms with Gasteiger partial charge in [-0.25, -0.2) is 0 Å². The molecule has 0 atom stereocenters. The Morgan fingerprint density at radius 2 is 1.79 bits per heavy atom. The van der Waals surface area contributed by atoms with Crippen LogP contribution in [0.2, 0.25) is 0 Å². The maximum absolute atomic E-state index is 12.7. The molecule has 1 aromatic rings. The van der Waals surface area contributed by atoms with Crippen LogP contribution in [0.25, 0.3) is 0 Å². The smallest absolute Gasteiger partial charge is 0.166 e. The van der Waals surface area contributed by atoms with Crippen LogP contribution < -0.4 is 0 Å². The molecule has 1 rings (SSSR count). The SMILES string of the molecule is CC(C)c1cccc(I)c1C(F)(F)F. The van der Waals surface area contributed by atoms with Gasteiger partial charge in [0.15, 0.2) is 0 Å². The van der Waals surface area contributed by atoms with E-state index in [1.807, 2.05) is 0 Å². The average molecular weight is 314 g/mol. The van der Waals surface area contributed by atoms with E-state index in [0.717, 1.165) is 0 Å². The molecule has 78 valence electrons. The zero-order valence-corrected chi connectivity index (χ0v) is 9.98. The fourth-order valence-electron chi connectivity index (χ4n) is 1.32. The molecule has 0 amide bonds. The van der Waals surface area contributed by atoms with Crippen LogP contribution in [-0.4, -0.2) is 0 Å².